The molecule has 2 atom stereocenters. The zero-order valence-electron chi connectivity index (χ0n) is 8.67. The minimum atomic E-state index is -1.07. The zero-order chi connectivity index (χ0) is 11.4. The van der Waals surface area contributed by atoms with Gasteiger partial charge in [0.2, 0.25) is 0 Å². The molecule has 0 N–H and O–H groups in total. The van der Waals surface area contributed by atoms with Crippen LogP contribution in [0.25, 0.3) is 0 Å². The topological polar surface area (TPSA) is 52.6 Å². The largest absolute Gasteiger partial charge is 0.300 e. The van der Waals surface area contributed by atoms with Crippen LogP contribution < -0.4 is 0 Å². The summed E-state index contributed by atoms with van der Waals surface area (Å²) in [6.07, 6.45) is 1.77. The van der Waals surface area contributed by atoms with E-state index in [0.29, 0.717) is 19.1 Å². The summed E-state index contributed by atoms with van der Waals surface area (Å²) in [4.78, 5) is 31.7. The van der Waals surface area contributed by atoms with Crippen LogP contribution in [0.2, 0.25) is 0 Å². The van der Waals surface area contributed by atoms with Crippen LogP contribution in [0.4, 0.5) is 0 Å². The fourth-order valence-electron chi connectivity index (χ4n) is 1.74. The van der Waals surface area contributed by atoms with Crippen molar-refractivity contribution in [2.75, 3.05) is 0 Å². The van der Waals surface area contributed by atoms with Gasteiger partial charge in [-0.15, -0.1) is 0 Å². The van der Waals surface area contributed by atoms with Gasteiger partial charge in [0.05, 0.1) is 0 Å². The molecular formula is C12H12O4. The van der Waals surface area contributed by atoms with E-state index in [2.05, 4.69) is 0 Å². The Balaban J connectivity index is 2.22. The highest BCUT2D eigenvalue weighted by molar-refractivity contribution is 5.66. The van der Waals surface area contributed by atoms with Gasteiger partial charge in [-0.3, -0.25) is 4.79 Å². The molecule has 1 saturated heterocycles. The number of hydrogen-bond acceptors (Lipinski definition) is 4. The van der Waals surface area contributed by atoms with E-state index in [0.717, 1.165) is 11.8 Å². The van der Waals surface area contributed by atoms with E-state index in [1.807, 2.05) is 18.2 Å². The maximum atomic E-state index is 11.2. The van der Waals surface area contributed by atoms with Crippen molar-refractivity contribution >= 4 is 12.6 Å². The molecule has 1 aromatic carbocycles. The van der Waals surface area contributed by atoms with E-state index in [4.69, 9.17) is 9.78 Å². The predicted octanol–water partition coefficient (Wildman–Crippen LogP) is 1.39. The van der Waals surface area contributed by atoms with E-state index < -0.39 is 11.7 Å². The summed E-state index contributed by atoms with van der Waals surface area (Å²) in [7, 11) is 0. The van der Waals surface area contributed by atoms with Gasteiger partial charge >= 0.3 is 0 Å². The van der Waals surface area contributed by atoms with Crippen LogP contribution in [0.5, 0.6) is 0 Å². The molecule has 1 aliphatic rings. The van der Waals surface area contributed by atoms with Crippen LogP contribution in [0.1, 0.15) is 18.4 Å². The fraction of sp³-hybridized carbons (Fsp3) is 0.333. The molecule has 0 amide bonds. The minimum Gasteiger partial charge on any atom is -0.300 e. The smallest absolute Gasteiger partial charge is 0.183 e. The van der Waals surface area contributed by atoms with E-state index in [9.17, 15) is 9.59 Å². The van der Waals surface area contributed by atoms with E-state index >= 15 is 0 Å². The SMILES string of the molecule is O=C[C@@H]1CC[C@@](C=O)(c2ccccc2)OO1. The average Bonchev–Trinajstić information content (AvgIpc) is 2.40. The van der Waals surface area contributed by atoms with E-state index in [-0.39, 0.29) is 0 Å². The number of aldehydes is 2. The molecular weight excluding hydrogens is 208 g/mol. The summed E-state index contributed by atoms with van der Waals surface area (Å²) in [6.45, 7) is 0. The Morgan fingerprint density at radius 2 is 2.00 bits per heavy atom. The molecule has 16 heavy (non-hydrogen) atoms. The van der Waals surface area contributed by atoms with Gasteiger partial charge in [0.1, 0.15) is 6.10 Å². The number of rotatable bonds is 3. The van der Waals surface area contributed by atoms with Gasteiger partial charge in [-0.25, -0.2) is 9.78 Å². The summed E-state index contributed by atoms with van der Waals surface area (Å²) < 4.78 is 0. The van der Waals surface area contributed by atoms with Crippen molar-refractivity contribution in [1.82, 2.24) is 0 Å². The Kier molecular flexibility index (Phi) is 3.12. The predicted molar refractivity (Wildman–Crippen MR) is 55.4 cm³/mol. The van der Waals surface area contributed by atoms with Crippen molar-refractivity contribution < 1.29 is 19.4 Å². The molecule has 0 radical (unpaired) electrons. The molecule has 0 aromatic heterocycles. The molecule has 4 nitrogen and oxygen atoms in total. The molecule has 84 valence electrons. The van der Waals surface area contributed by atoms with Crippen molar-refractivity contribution in [3.8, 4) is 0 Å². The Morgan fingerprint density at radius 3 is 2.50 bits per heavy atom. The van der Waals surface area contributed by atoms with Crippen molar-refractivity contribution in [3.63, 3.8) is 0 Å². The van der Waals surface area contributed by atoms with Crippen LogP contribution in [0.3, 0.4) is 0 Å². The third-order valence-electron chi connectivity index (χ3n) is 2.73. The Labute approximate surface area is 93.1 Å². The maximum Gasteiger partial charge on any atom is 0.183 e. The third-order valence-corrected chi connectivity index (χ3v) is 2.73. The van der Waals surface area contributed by atoms with Gasteiger partial charge in [0.25, 0.3) is 0 Å². The van der Waals surface area contributed by atoms with Gasteiger partial charge < -0.3 is 4.79 Å². The highest BCUT2D eigenvalue weighted by Gasteiger charge is 2.39. The maximum absolute atomic E-state index is 11.2. The van der Waals surface area contributed by atoms with Crippen molar-refractivity contribution in [3.05, 3.63) is 35.9 Å². The minimum absolute atomic E-state index is 0.448. The summed E-state index contributed by atoms with van der Waals surface area (Å²) in [5.41, 5.74) is -0.324. The first-order valence-electron chi connectivity index (χ1n) is 5.12. The molecule has 0 aliphatic carbocycles. The standard InChI is InChI=1S/C12H12O4/c13-8-11-6-7-12(9-14,16-15-11)10-4-2-1-3-5-10/h1-5,8-9,11H,6-7H2/t11-,12+/m0/s1. The van der Waals surface area contributed by atoms with Crippen LogP contribution >= 0.6 is 0 Å². The van der Waals surface area contributed by atoms with E-state index in [1.165, 1.54) is 0 Å². The summed E-state index contributed by atoms with van der Waals surface area (Å²) in [6, 6.07) is 9.13. The van der Waals surface area contributed by atoms with Gasteiger partial charge in [0, 0.05) is 0 Å². The van der Waals surface area contributed by atoms with Gasteiger partial charge in [-0.05, 0) is 18.4 Å². The van der Waals surface area contributed by atoms with Gasteiger partial charge in [-0.2, -0.15) is 0 Å². The lowest BCUT2D eigenvalue weighted by Crippen LogP contribution is -2.39. The lowest BCUT2D eigenvalue weighted by atomic mass is 9.89. The second-order valence-corrected chi connectivity index (χ2v) is 3.77. The second kappa shape index (κ2) is 4.55. The Hall–Kier alpha value is -1.52. The highest BCUT2D eigenvalue weighted by Crippen LogP contribution is 2.34. The third kappa shape index (κ3) is 1.89. The number of benzene rings is 1. The number of carbonyl (C=O) groups excluding carboxylic acids is 2. The lowest BCUT2D eigenvalue weighted by Gasteiger charge is -2.33. The summed E-state index contributed by atoms with van der Waals surface area (Å²) >= 11 is 0. The Bertz CT molecular complexity index is 366. The first kappa shape index (κ1) is 11.0. The molecule has 0 spiro atoms. The molecule has 1 heterocycles. The van der Waals surface area contributed by atoms with E-state index in [1.54, 1.807) is 12.1 Å². The van der Waals surface area contributed by atoms with Crippen LogP contribution in [0, 0.1) is 0 Å². The highest BCUT2D eigenvalue weighted by atomic mass is 17.2. The number of hydrogen-bond donors (Lipinski definition) is 0. The summed E-state index contributed by atoms with van der Waals surface area (Å²) in [5.74, 6) is 0. The average molecular weight is 220 g/mol. The normalized spacial score (nSPS) is 29.6. The molecule has 0 saturated carbocycles. The molecule has 1 aromatic rings. The van der Waals surface area contributed by atoms with Crippen molar-refractivity contribution in [2.24, 2.45) is 0 Å². The Morgan fingerprint density at radius 1 is 1.25 bits per heavy atom. The first-order valence-corrected chi connectivity index (χ1v) is 5.12. The van der Waals surface area contributed by atoms with Crippen molar-refractivity contribution in [1.29, 1.82) is 0 Å². The van der Waals surface area contributed by atoms with Crippen LogP contribution in [-0.4, -0.2) is 18.7 Å². The lowest BCUT2D eigenvalue weighted by molar-refractivity contribution is -0.389. The molecule has 0 unspecified atom stereocenters. The quantitative estimate of drug-likeness (QED) is 0.570. The molecule has 2 rings (SSSR count). The summed E-state index contributed by atoms with van der Waals surface area (Å²) in [5, 5.41) is 0. The zero-order valence-corrected chi connectivity index (χ0v) is 8.67. The monoisotopic (exact) mass is 220 g/mol. The second-order valence-electron chi connectivity index (χ2n) is 3.77. The van der Waals surface area contributed by atoms with Crippen molar-refractivity contribution in [2.45, 2.75) is 24.5 Å². The van der Waals surface area contributed by atoms with Crippen LogP contribution in [0.15, 0.2) is 30.3 Å². The molecule has 1 fully saturated rings. The number of carbonyl (C=O) groups is 2. The molecule has 4 heteroatoms. The van der Waals surface area contributed by atoms with Gasteiger partial charge in [-0.1, -0.05) is 30.3 Å². The fourth-order valence-corrected chi connectivity index (χ4v) is 1.74. The van der Waals surface area contributed by atoms with Gasteiger partial charge in [0.15, 0.2) is 18.2 Å². The van der Waals surface area contributed by atoms with Crippen LogP contribution in [-0.2, 0) is 25.0 Å². The first-order chi connectivity index (χ1) is 7.80. The molecule has 0 bridgehead atoms. The molecule has 1 aliphatic heterocycles.